The van der Waals surface area contributed by atoms with Gasteiger partial charge in [0.2, 0.25) is 0 Å². The SMILES string of the molecule is COC(=O)C1CC(S(=O)(=O)F)CN1C(=O)c1ccccc1. The smallest absolute Gasteiger partial charge is 0.328 e. The van der Waals surface area contributed by atoms with Gasteiger partial charge in [-0.15, -0.1) is 3.89 Å². The van der Waals surface area contributed by atoms with Gasteiger partial charge in [0, 0.05) is 12.1 Å². The van der Waals surface area contributed by atoms with Gasteiger partial charge in [0.15, 0.2) is 0 Å². The fourth-order valence-electron chi connectivity index (χ4n) is 2.33. The zero-order chi connectivity index (χ0) is 15.6. The largest absolute Gasteiger partial charge is 0.467 e. The molecule has 0 N–H and O–H groups in total. The highest BCUT2D eigenvalue weighted by molar-refractivity contribution is 7.87. The second-order valence-electron chi connectivity index (χ2n) is 4.70. The van der Waals surface area contributed by atoms with Gasteiger partial charge in [-0.3, -0.25) is 4.79 Å². The molecular formula is C13H14FNO5S. The van der Waals surface area contributed by atoms with Crippen LogP contribution in [0.25, 0.3) is 0 Å². The second kappa shape index (κ2) is 5.80. The third-order valence-corrected chi connectivity index (χ3v) is 4.55. The van der Waals surface area contributed by atoms with Crippen LogP contribution in [0.15, 0.2) is 30.3 Å². The number of methoxy groups -OCH3 is 1. The zero-order valence-corrected chi connectivity index (χ0v) is 12.0. The Balaban J connectivity index is 2.31. The summed E-state index contributed by atoms with van der Waals surface area (Å²) in [6, 6.07) is 6.97. The molecule has 1 aromatic carbocycles. The van der Waals surface area contributed by atoms with Crippen molar-refractivity contribution in [3.63, 3.8) is 0 Å². The lowest BCUT2D eigenvalue weighted by atomic mass is 10.1. The molecule has 2 rings (SSSR count). The molecule has 1 aromatic rings. The van der Waals surface area contributed by atoms with Crippen molar-refractivity contribution >= 4 is 22.1 Å². The van der Waals surface area contributed by atoms with Crippen LogP contribution < -0.4 is 0 Å². The molecule has 0 saturated carbocycles. The van der Waals surface area contributed by atoms with Crippen LogP contribution in [0, 0.1) is 0 Å². The van der Waals surface area contributed by atoms with Gasteiger partial charge >= 0.3 is 16.2 Å². The topological polar surface area (TPSA) is 80.8 Å². The normalized spacial score (nSPS) is 22.1. The fourth-order valence-corrected chi connectivity index (χ4v) is 3.08. The van der Waals surface area contributed by atoms with Crippen molar-refractivity contribution in [2.24, 2.45) is 0 Å². The molecule has 0 aromatic heterocycles. The first kappa shape index (κ1) is 15.4. The van der Waals surface area contributed by atoms with Gasteiger partial charge in [0.1, 0.15) is 11.3 Å². The Morgan fingerprint density at radius 3 is 2.43 bits per heavy atom. The van der Waals surface area contributed by atoms with Crippen LogP contribution in [-0.4, -0.2) is 50.1 Å². The minimum atomic E-state index is -4.83. The molecule has 1 amide bonds. The molecule has 1 aliphatic heterocycles. The maximum atomic E-state index is 13.2. The number of amides is 1. The average molecular weight is 315 g/mol. The van der Waals surface area contributed by atoms with E-state index in [2.05, 4.69) is 4.74 Å². The predicted molar refractivity (Wildman–Crippen MR) is 71.7 cm³/mol. The first-order chi connectivity index (χ1) is 9.84. The number of esters is 1. The van der Waals surface area contributed by atoms with Crippen molar-refractivity contribution in [2.45, 2.75) is 17.7 Å². The summed E-state index contributed by atoms with van der Waals surface area (Å²) in [7, 11) is -3.70. The van der Waals surface area contributed by atoms with Crippen molar-refractivity contribution < 1.29 is 26.6 Å². The number of carbonyl (C=O) groups excluding carboxylic acids is 2. The Morgan fingerprint density at radius 2 is 1.90 bits per heavy atom. The molecule has 2 atom stereocenters. The number of benzene rings is 1. The van der Waals surface area contributed by atoms with Gasteiger partial charge < -0.3 is 9.64 Å². The predicted octanol–water partition coefficient (Wildman–Crippen LogP) is 0.742. The number of nitrogens with zero attached hydrogens (tertiary/aromatic N) is 1. The third-order valence-electron chi connectivity index (χ3n) is 3.42. The van der Waals surface area contributed by atoms with E-state index in [1.807, 2.05) is 0 Å². The van der Waals surface area contributed by atoms with Crippen LogP contribution in [0.4, 0.5) is 3.89 Å². The lowest BCUT2D eigenvalue weighted by molar-refractivity contribution is -0.145. The van der Waals surface area contributed by atoms with Gasteiger partial charge in [-0.2, -0.15) is 8.42 Å². The molecule has 2 unspecified atom stereocenters. The van der Waals surface area contributed by atoms with Crippen LogP contribution in [0.3, 0.4) is 0 Å². The van der Waals surface area contributed by atoms with Crippen LogP contribution in [0.2, 0.25) is 0 Å². The van der Waals surface area contributed by atoms with Crippen LogP contribution in [-0.2, 0) is 19.8 Å². The quantitative estimate of drug-likeness (QED) is 0.607. The summed E-state index contributed by atoms with van der Waals surface area (Å²) in [6.45, 7) is -0.369. The van der Waals surface area contributed by atoms with E-state index < -0.39 is 33.4 Å². The van der Waals surface area contributed by atoms with E-state index in [1.54, 1.807) is 18.2 Å². The van der Waals surface area contributed by atoms with Crippen LogP contribution in [0.1, 0.15) is 16.8 Å². The summed E-state index contributed by atoms with van der Waals surface area (Å²) in [5, 5.41) is -1.41. The van der Waals surface area contributed by atoms with E-state index >= 15 is 0 Å². The molecule has 1 fully saturated rings. The molecule has 21 heavy (non-hydrogen) atoms. The van der Waals surface area contributed by atoms with Crippen LogP contribution >= 0.6 is 0 Å². The number of hydrogen-bond donors (Lipinski definition) is 0. The lowest BCUT2D eigenvalue weighted by Crippen LogP contribution is -2.41. The van der Waals surface area contributed by atoms with Crippen molar-refractivity contribution in [3.05, 3.63) is 35.9 Å². The molecule has 1 heterocycles. The molecule has 1 saturated heterocycles. The Morgan fingerprint density at radius 1 is 1.29 bits per heavy atom. The van der Waals surface area contributed by atoms with Gasteiger partial charge in [0.25, 0.3) is 5.91 Å². The van der Waals surface area contributed by atoms with E-state index in [9.17, 15) is 21.9 Å². The first-order valence-electron chi connectivity index (χ1n) is 6.22. The number of likely N-dealkylation sites (tertiary alicyclic amines) is 1. The maximum Gasteiger partial charge on any atom is 0.328 e. The summed E-state index contributed by atoms with van der Waals surface area (Å²) in [5.74, 6) is -1.29. The molecule has 6 nitrogen and oxygen atoms in total. The first-order valence-corrected chi connectivity index (χ1v) is 7.66. The van der Waals surface area contributed by atoms with E-state index in [0.717, 1.165) is 12.0 Å². The Bertz CT molecular complexity index is 646. The van der Waals surface area contributed by atoms with Gasteiger partial charge in [-0.05, 0) is 18.6 Å². The summed E-state index contributed by atoms with van der Waals surface area (Å²) in [6.07, 6.45) is -0.302. The molecule has 0 radical (unpaired) electrons. The minimum Gasteiger partial charge on any atom is -0.467 e. The van der Waals surface area contributed by atoms with E-state index in [4.69, 9.17) is 0 Å². The highest BCUT2D eigenvalue weighted by Crippen LogP contribution is 2.27. The number of carbonyl (C=O) groups is 2. The highest BCUT2D eigenvalue weighted by Gasteiger charge is 2.45. The van der Waals surface area contributed by atoms with Gasteiger partial charge in [-0.25, -0.2) is 4.79 Å². The van der Waals surface area contributed by atoms with Gasteiger partial charge in [0.05, 0.1) is 7.11 Å². The molecular weight excluding hydrogens is 301 g/mol. The summed E-state index contributed by atoms with van der Waals surface area (Å²) < 4.78 is 39.8. The van der Waals surface area contributed by atoms with Gasteiger partial charge in [-0.1, -0.05) is 18.2 Å². The monoisotopic (exact) mass is 315 g/mol. The Kier molecular flexibility index (Phi) is 4.26. The van der Waals surface area contributed by atoms with Crippen LogP contribution in [0.5, 0.6) is 0 Å². The maximum absolute atomic E-state index is 13.2. The summed E-state index contributed by atoms with van der Waals surface area (Å²) in [5.41, 5.74) is 0.295. The molecule has 0 aliphatic carbocycles. The fraction of sp³-hybridized carbons (Fsp3) is 0.385. The standard InChI is InChI=1S/C13H14FNO5S/c1-20-13(17)11-7-10(21(14,18)19)8-15(11)12(16)9-5-3-2-4-6-9/h2-6,10-11H,7-8H2,1H3. The summed E-state index contributed by atoms with van der Waals surface area (Å²) >= 11 is 0. The van der Waals surface area contributed by atoms with E-state index in [0.29, 0.717) is 5.56 Å². The number of rotatable bonds is 3. The van der Waals surface area contributed by atoms with E-state index in [1.165, 1.54) is 12.1 Å². The lowest BCUT2D eigenvalue weighted by Gasteiger charge is -2.22. The van der Waals surface area contributed by atoms with Crippen molar-refractivity contribution in [1.82, 2.24) is 4.90 Å². The summed E-state index contributed by atoms with van der Waals surface area (Å²) in [4.78, 5) is 25.1. The van der Waals surface area contributed by atoms with Crippen molar-refractivity contribution in [1.29, 1.82) is 0 Å². The molecule has 1 aliphatic rings. The Labute approximate surface area is 121 Å². The van der Waals surface area contributed by atoms with E-state index in [-0.39, 0.29) is 13.0 Å². The van der Waals surface area contributed by atoms with Crippen molar-refractivity contribution in [2.75, 3.05) is 13.7 Å². The van der Waals surface area contributed by atoms with Crippen molar-refractivity contribution in [3.8, 4) is 0 Å². The molecule has 0 bridgehead atoms. The number of halogens is 1. The third kappa shape index (κ3) is 3.21. The minimum absolute atomic E-state index is 0.295. The molecule has 114 valence electrons. The molecule has 0 spiro atoms. The second-order valence-corrected chi connectivity index (χ2v) is 6.31. The highest BCUT2D eigenvalue weighted by atomic mass is 32.3. The molecule has 8 heteroatoms. The average Bonchev–Trinajstić information content (AvgIpc) is 2.91. The zero-order valence-electron chi connectivity index (χ0n) is 11.2. The Hall–Kier alpha value is -1.96. The number of hydrogen-bond acceptors (Lipinski definition) is 5. The number of ether oxygens (including phenoxy) is 1.